The van der Waals surface area contributed by atoms with E-state index in [1.807, 2.05) is 43.8 Å². The number of rotatable bonds is 4. The fourth-order valence-electron chi connectivity index (χ4n) is 4.41. The van der Waals surface area contributed by atoms with E-state index >= 15 is 0 Å². The number of anilines is 1. The van der Waals surface area contributed by atoms with Crippen LogP contribution in [-0.2, 0) is 17.6 Å². The Kier molecular flexibility index (Phi) is 5.12. The van der Waals surface area contributed by atoms with Crippen LogP contribution in [0.15, 0.2) is 24.5 Å². The van der Waals surface area contributed by atoms with Crippen LogP contribution in [-0.4, -0.2) is 72.6 Å². The maximum atomic E-state index is 12.1. The summed E-state index contributed by atoms with van der Waals surface area (Å²) >= 11 is 1.83. The summed E-state index contributed by atoms with van der Waals surface area (Å²) in [5, 5.41) is 1.26. The van der Waals surface area contributed by atoms with Crippen molar-refractivity contribution in [2.45, 2.75) is 19.3 Å². The van der Waals surface area contributed by atoms with Crippen LogP contribution in [0.2, 0.25) is 0 Å². The molecule has 7 nitrogen and oxygen atoms in total. The second kappa shape index (κ2) is 7.92. The fraction of sp³-hybridized carbons (Fsp3) is 0.455. The number of aromatic nitrogens is 3. The maximum absolute atomic E-state index is 12.1. The first-order valence-electron chi connectivity index (χ1n) is 10.6. The monoisotopic (exact) mass is 423 g/mol. The fourth-order valence-corrected chi connectivity index (χ4v) is 5.67. The van der Waals surface area contributed by atoms with Gasteiger partial charge in [-0.2, -0.15) is 0 Å². The highest BCUT2D eigenvalue weighted by molar-refractivity contribution is 7.19. The van der Waals surface area contributed by atoms with E-state index < -0.39 is 0 Å². The number of nitrogens with zero attached hydrogens (tertiary/aromatic N) is 5. The first kappa shape index (κ1) is 19.4. The Labute approximate surface area is 180 Å². The summed E-state index contributed by atoms with van der Waals surface area (Å²) in [7, 11) is 3.65. The van der Waals surface area contributed by atoms with Gasteiger partial charge in [0.2, 0.25) is 0 Å². The van der Waals surface area contributed by atoms with Crippen molar-refractivity contribution in [2.24, 2.45) is 0 Å². The van der Waals surface area contributed by atoms with E-state index in [0.29, 0.717) is 6.54 Å². The molecule has 5 rings (SSSR count). The number of fused-ring (bicyclic) bond motifs is 3. The molecule has 0 saturated carbocycles. The average molecular weight is 424 g/mol. The van der Waals surface area contributed by atoms with E-state index in [1.54, 1.807) is 11.1 Å². The van der Waals surface area contributed by atoms with Crippen LogP contribution >= 0.6 is 11.3 Å². The van der Waals surface area contributed by atoms with Crippen LogP contribution < -0.4 is 9.80 Å². The van der Waals surface area contributed by atoms with E-state index in [1.165, 1.54) is 27.1 Å². The number of amides is 1. The van der Waals surface area contributed by atoms with Gasteiger partial charge in [-0.25, -0.2) is 9.97 Å². The van der Waals surface area contributed by atoms with E-state index in [0.717, 1.165) is 61.1 Å². The van der Waals surface area contributed by atoms with Gasteiger partial charge in [-0.05, 0) is 37.0 Å². The minimum absolute atomic E-state index is 0.192. The normalized spacial score (nSPS) is 16.8. The first-order chi connectivity index (χ1) is 14.6. The van der Waals surface area contributed by atoms with Crippen LogP contribution in [0.25, 0.3) is 21.6 Å². The van der Waals surface area contributed by atoms with Gasteiger partial charge in [-0.15, -0.1) is 11.3 Å². The molecule has 156 valence electrons. The second-order valence-electron chi connectivity index (χ2n) is 8.35. The molecule has 1 saturated heterocycles. The van der Waals surface area contributed by atoms with E-state index in [9.17, 15) is 4.79 Å². The van der Waals surface area contributed by atoms with Crippen molar-refractivity contribution in [2.75, 3.05) is 51.7 Å². The molecule has 1 N–H and O–H groups in total. The third-order valence-corrected chi connectivity index (χ3v) is 7.32. The number of carbonyl (C=O) groups is 1. The Morgan fingerprint density at radius 3 is 2.80 bits per heavy atom. The summed E-state index contributed by atoms with van der Waals surface area (Å²) in [5.41, 5.74) is 2.41. The molecule has 0 unspecified atom stereocenters. The van der Waals surface area contributed by atoms with Gasteiger partial charge in [0, 0.05) is 36.9 Å². The number of piperazine rings is 1. The quantitative estimate of drug-likeness (QED) is 0.679. The van der Waals surface area contributed by atoms with Gasteiger partial charge in [0.25, 0.3) is 5.91 Å². The van der Waals surface area contributed by atoms with Gasteiger partial charge < -0.3 is 14.7 Å². The Morgan fingerprint density at radius 1 is 1.23 bits per heavy atom. The van der Waals surface area contributed by atoms with Crippen molar-refractivity contribution >= 4 is 33.3 Å². The predicted molar refractivity (Wildman–Crippen MR) is 119 cm³/mol. The van der Waals surface area contributed by atoms with Gasteiger partial charge >= 0.3 is 0 Å². The summed E-state index contributed by atoms with van der Waals surface area (Å²) in [5.74, 6) is 2.01. The third kappa shape index (κ3) is 3.54. The highest BCUT2D eigenvalue weighted by Crippen LogP contribution is 2.41. The molecule has 3 aromatic rings. The minimum atomic E-state index is 0.192. The Hall–Kier alpha value is -2.58. The van der Waals surface area contributed by atoms with Crippen LogP contribution in [0.1, 0.15) is 16.9 Å². The second-order valence-corrected chi connectivity index (χ2v) is 9.44. The molecule has 0 bridgehead atoms. The highest BCUT2D eigenvalue weighted by Gasteiger charge is 2.29. The summed E-state index contributed by atoms with van der Waals surface area (Å²) in [6.07, 6.45) is 7.12. The Balaban J connectivity index is 1.48. The number of carbonyl (C=O) groups excluding carboxylic acids is 1. The molecule has 30 heavy (non-hydrogen) atoms. The molecule has 0 atom stereocenters. The van der Waals surface area contributed by atoms with E-state index in [4.69, 9.17) is 9.97 Å². The third-order valence-electron chi connectivity index (χ3n) is 6.14. The number of thiophene rings is 1. The topological polar surface area (TPSA) is 66.7 Å². The summed E-state index contributed by atoms with van der Waals surface area (Å²) < 4.78 is 0. The van der Waals surface area contributed by atoms with Crippen molar-refractivity contribution < 1.29 is 9.69 Å². The van der Waals surface area contributed by atoms with Crippen LogP contribution in [0.4, 0.5) is 5.82 Å². The zero-order valence-electron chi connectivity index (χ0n) is 17.5. The Bertz CT molecular complexity index is 1070. The molecule has 0 spiro atoms. The molecule has 0 radical (unpaired) electrons. The van der Waals surface area contributed by atoms with Crippen molar-refractivity contribution in [1.82, 2.24) is 19.9 Å². The number of hydrogen-bond donors (Lipinski definition) is 1. The molecule has 0 aromatic carbocycles. The Morgan fingerprint density at radius 2 is 2.07 bits per heavy atom. The molecule has 1 aliphatic carbocycles. The average Bonchev–Trinajstić information content (AvgIpc) is 3.35. The predicted octanol–water partition coefficient (Wildman–Crippen LogP) is 1.04. The number of hydrogen-bond acceptors (Lipinski definition) is 6. The molecule has 1 amide bonds. The van der Waals surface area contributed by atoms with Crippen molar-refractivity contribution in [1.29, 1.82) is 0 Å². The summed E-state index contributed by atoms with van der Waals surface area (Å²) in [4.78, 5) is 34.3. The standard InChI is InChI=1S/C22H26N6OS/c1-26(2)18(29)14-27-9-11-28(12-10-27)21-19-16-6-3-7-17(16)30-22(19)25-20(24-21)15-5-4-8-23-13-15/h4-5,8,13H,3,6-7,9-12,14H2,1-2H3/p+1. The van der Waals surface area contributed by atoms with Crippen LogP contribution in [0, 0.1) is 0 Å². The molecular formula is C22H27N6OS+. The summed E-state index contributed by atoms with van der Waals surface area (Å²) in [6.45, 7) is 4.26. The molecule has 8 heteroatoms. The lowest BCUT2D eigenvalue weighted by molar-refractivity contribution is -0.892. The number of nitrogens with one attached hydrogen (secondary N) is 1. The number of pyridine rings is 1. The first-order valence-corrected chi connectivity index (χ1v) is 11.4. The van der Waals surface area contributed by atoms with E-state index in [-0.39, 0.29) is 5.91 Å². The molecule has 2 aliphatic rings. The van der Waals surface area contributed by atoms with Crippen molar-refractivity contribution in [3.05, 3.63) is 35.0 Å². The number of quaternary nitrogens is 1. The lowest BCUT2D eigenvalue weighted by Gasteiger charge is -2.33. The largest absolute Gasteiger partial charge is 0.345 e. The molecule has 4 heterocycles. The van der Waals surface area contributed by atoms with Gasteiger partial charge in [0.1, 0.15) is 10.6 Å². The van der Waals surface area contributed by atoms with Gasteiger partial charge in [-0.3, -0.25) is 9.78 Å². The van der Waals surface area contributed by atoms with Crippen molar-refractivity contribution in [3.8, 4) is 11.4 Å². The van der Waals surface area contributed by atoms with Crippen LogP contribution in [0.5, 0.6) is 0 Å². The summed E-state index contributed by atoms with van der Waals surface area (Å²) in [6, 6.07) is 3.95. The lowest BCUT2D eigenvalue weighted by Crippen LogP contribution is -3.15. The van der Waals surface area contributed by atoms with Crippen LogP contribution in [0.3, 0.4) is 0 Å². The molecule has 3 aromatic heterocycles. The van der Waals surface area contributed by atoms with Crippen molar-refractivity contribution in [3.63, 3.8) is 0 Å². The zero-order valence-corrected chi connectivity index (χ0v) is 18.3. The van der Waals surface area contributed by atoms with E-state index in [2.05, 4.69) is 9.88 Å². The molecule has 1 fully saturated rings. The number of aryl methyl sites for hydroxylation is 2. The SMILES string of the molecule is CN(C)C(=O)C[NH+]1CCN(c2nc(-c3cccnc3)nc3sc4c(c23)CCC4)CC1. The molecule has 1 aliphatic heterocycles. The number of likely N-dealkylation sites (N-methyl/N-ethyl adjacent to an activating group) is 1. The van der Waals surface area contributed by atoms with Gasteiger partial charge in [0.05, 0.1) is 31.6 Å². The highest BCUT2D eigenvalue weighted by atomic mass is 32.1. The van der Waals surface area contributed by atoms with Gasteiger partial charge in [-0.1, -0.05) is 0 Å². The smallest absolute Gasteiger partial charge is 0.277 e. The minimum Gasteiger partial charge on any atom is -0.345 e. The zero-order chi connectivity index (χ0) is 20.7. The molecular weight excluding hydrogens is 396 g/mol. The maximum Gasteiger partial charge on any atom is 0.277 e. The van der Waals surface area contributed by atoms with Gasteiger partial charge in [0.15, 0.2) is 12.4 Å². The lowest BCUT2D eigenvalue weighted by atomic mass is 10.1.